The lowest BCUT2D eigenvalue weighted by atomic mass is 9.98. The van der Waals surface area contributed by atoms with Crippen LogP contribution in [0.5, 0.6) is 0 Å². The molecule has 0 bridgehead atoms. The van der Waals surface area contributed by atoms with Gasteiger partial charge in [-0.15, -0.1) is 0 Å². The average molecular weight is 255 g/mol. The van der Waals surface area contributed by atoms with Gasteiger partial charge < -0.3 is 15.0 Å². The van der Waals surface area contributed by atoms with Crippen LogP contribution in [-0.2, 0) is 4.74 Å². The summed E-state index contributed by atoms with van der Waals surface area (Å²) in [6.45, 7) is 8.99. The summed E-state index contributed by atoms with van der Waals surface area (Å²) >= 11 is 0. The summed E-state index contributed by atoms with van der Waals surface area (Å²) in [5, 5.41) is 3.50. The Labute approximate surface area is 112 Å². The Bertz CT molecular complexity index is 243. The third-order valence-electron chi connectivity index (χ3n) is 4.69. The van der Waals surface area contributed by atoms with Gasteiger partial charge in [-0.25, -0.2) is 0 Å². The molecule has 106 valence electrons. The van der Waals surface area contributed by atoms with E-state index in [1.54, 1.807) is 0 Å². The first-order chi connectivity index (χ1) is 8.74. The fraction of sp³-hybridized carbons (Fsp3) is 1.00. The SMILES string of the molecule is CCC1CN(CC(NC)C2CCOC2)CCN1C. The van der Waals surface area contributed by atoms with Gasteiger partial charge in [0.1, 0.15) is 0 Å². The number of likely N-dealkylation sites (N-methyl/N-ethyl adjacent to an activating group) is 2. The second-order valence-corrected chi connectivity index (χ2v) is 5.82. The van der Waals surface area contributed by atoms with Crippen LogP contribution >= 0.6 is 0 Å². The van der Waals surface area contributed by atoms with Gasteiger partial charge in [-0.1, -0.05) is 6.92 Å². The maximum Gasteiger partial charge on any atom is 0.0510 e. The molecule has 0 aromatic heterocycles. The molecule has 2 saturated heterocycles. The van der Waals surface area contributed by atoms with Crippen molar-refractivity contribution in [2.24, 2.45) is 5.92 Å². The highest BCUT2D eigenvalue weighted by atomic mass is 16.5. The van der Waals surface area contributed by atoms with Gasteiger partial charge in [0, 0.05) is 50.8 Å². The van der Waals surface area contributed by atoms with Crippen LogP contribution in [0, 0.1) is 5.92 Å². The van der Waals surface area contributed by atoms with Gasteiger partial charge in [0.25, 0.3) is 0 Å². The summed E-state index contributed by atoms with van der Waals surface area (Å²) in [5.74, 6) is 0.703. The maximum atomic E-state index is 5.52. The summed E-state index contributed by atoms with van der Waals surface area (Å²) in [4.78, 5) is 5.14. The summed E-state index contributed by atoms with van der Waals surface area (Å²) in [5.41, 5.74) is 0. The molecule has 2 aliphatic heterocycles. The van der Waals surface area contributed by atoms with E-state index in [9.17, 15) is 0 Å². The van der Waals surface area contributed by atoms with Crippen LogP contribution in [-0.4, -0.2) is 75.4 Å². The first kappa shape index (κ1) is 14.3. The summed E-state index contributed by atoms with van der Waals surface area (Å²) in [6, 6.07) is 1.32. The van der Waals surface area contributed by atoms with Crippen molar-refractivity contribution < 1.29 is 4.74 Å². The third-order valence-corrected chi connectivity index (χ3v) is 4.69. The Morgan fingerprint density at radius 1 is 1.39 bits per heavy atom. The van der Waals surface area contributed by atoms with Crippen LogP contribution in [0.25, 0.3) is 0 Å². The van der Waals surface area contributed by atoms with Crippen LogP contribution < -0.4 is 5.32 Å². The highest BCUT2D eigenvalue weighted by molar-refractivity contribution is 4.85. The smallest absolute Gasteiger partial charge is 0.0510 e. The first-order valence-corrected chi connectivity index (χ1v) is 7.42. The quantitative estimate of drug-likeness (QED) is 0.780. The van der Waals surface area contributed by atoms with Gasteiger partial charge in [-0.05, 0) is 26.9 Å². The van der Waals surface area contributed by atoms with E-state index in [1.807, 2.05) is 0 Å². The predicted octanol–water partition coefficient (Wildman–Crippen LogP) is 0.637. The predicted molar refractivity (Wildman–Crippen MR) is 74.9 cm³/mol. The summed E-state index contributed by atoms with van der Waals surface area (Å²) in [6.07, 6.45) is 2.47. The van der Waals surface area contributed by atoms with Crippen molar-refractivity contribution in [2.75, 3.05) is 53.5 Å². The van der Waals surface area contributed by atoms with Gasteiger partial charge >= 0.3 is 0 Å². The fourth-order valence-electron chi connectivity index (χ4n) is 3.24. The van der Waals surface area contributed by atoms with E-state index in [4.69, 9.17) is 4.74 Å². The Kier molecular flexibility index (Phi) is 5.42. The van der Waals surface area contributed by atoms with Gasteiger partial charge in [0.15, 0.2) is 0 Å². The Hall–Kier alpha value is -0.160. The molecule has 0 saturated carbocycles. The van der Waals surface area contributed by atoms with E-state index in [1.165, 1.54) is 39.0 Å². The third kappa shape index (κ3) is 3.44. The molecule has 0 aromatic carbocycles. The first-order valence-electron chi connectivity index (χ1n) is 7.42. The van der Waals surface area contributed by atoms with Crippen molar-refractivity contribution in [3.8, 4) is 0 Å². The molecule has 0 amide bonds. The molecule has 2 heterocycles. The number of hydrogen-bond acceptors (Lipinski definition) is 4. The minimum absolute atomic E-state index is 0.591. The van der Waals surface area contributed by atoms with Crippen molar-refractivity contribution >= 4 is 0 Å². The molecule has 1 N–H and O–H groups in total. The van der Waals surface area contributed by atoms with Gasteiger partial charge in [0.05, 0.1) is 6.61 Å². The minimum Gasteiger partial charge on any atom is -0.381 e. The summed E-state index contributed by atoms with van der Waals surface area (Å²) in [7, 11) is 4.35. The van der Waals surface area contributed by atoms with Crippen LogP contribution in [0.1, 0.15) is 19.8 Å². The normalized spacial score (nSPS) is 32.8. The molecule has 2 rings (SSSR count). The second kappa shape index (κ2) is 6.85. The fourth-order valence-corrected chi connectivity index (χ4v) is 3.24. The number of ether oxygens (including phenoxy) is 1. The van der Waals surface area contributed by atoms with E-state index in [2.05, 4.69) is 36.1 Å². The molecule has 2 aliphatic rings. The van der Waals surface area contributed by atoms with Crippen LogP contribution in [0.3, 0.4) is 0 Å². The van der Waals surface area contributed by atoms with E-state index in [0.717, 1.165) is 19.3 Å². The molecular formula is C14H29N3O. The van der Waals surface area contributed by atoms with Crippen molar-refractivity contribution in [1.82, 2.24) is 15.1 Å². The molecule has 2 fully saturated rings. The molecule has 3 unspecified atom stereocenters. The molecule has 3 atom stereocenters. The lowest BCUT2D eigenvalue weighted by Gasteiger charge is -2.41. The number of nitrogens with zero attached hydrogens (tertiary/aromatic N) is 2. The highest BCUT2D eigenvalue weighted by Gasteiger charge is 2.29. The van der Waals surface area contributed by atoms with Crippen LogP contribution in [0.4, 0.5) is 0 Å². The van der Waals surface area contributed by atoms with Crippen LogP contribution in [0.15, 0.2) is 0 Å². The van der Waals surface area contributed by atoms with Crippen molar-refractivity contribution in [3.05, 3.63) is 0 Å². The van der Waals surface area contributed by atoms with E-state index in [-0.39, 0.29) is 0 Å². The zero-order valence-corrected chi connectivity index (χ0v) is 12.2. The number of piperazine rings is 1. The van der Waals surface area contributed by atoms with Gasteiger partial charge in [-0.3, -0.25) is 4.90 Å². The zero-order chi connectivity index (χ0) is 13.0. The van der Waals surface area contributed by atoms with Crippen molar-refractivity contribution in [1.29, 1.82) is 0 Å². The molecule has 0 aliphatic carbocycles. The largest absolute Gasteiger partial charge is 0.381 e. The van der Waals surface area contributed by atoms with Gasteiger partial charge in [0.2, 0.25) is 0 Å². The second-order valence-electron chi connectivity index (χ2n) is 5.82. The van der Waals surface area contributed by atoms with E-state index < -0.39 is 0 Å². The molecule has 4 heteroatoms. The molecule has 0 radical (unpaired) electrons. The number of rotatable bonds is 5. The highest BCUT2D eigenvalue weighted by Crippen LogP contribution is 2.19. The molecule has 18 heavy (non-hydrogen) atoms. The Morgan fingerprint density at radius 3 is 2.83 bits per heavy atom. The molecule has 0 aromatic rings. The number of nitrogens with one attached hydrogen (secondary N) is 1. The summed E-state index contributed by atoms with van der Waals surface area (Å²) < 4.78 is 5.52. The van der Waals surface area contributed by atoms with Crippen LogP contribution in [0.2, 0.25) is 0 Å². The molecule has 0 spiro atoms. The van der Waals surface area contributed by atoms with Crippen molar-refractivity contribution in [3.63, 3.8) is 0 Å². The standard InChI is InChI=1S/C14H29N3O/c1-4-13-9-17(7-6-16(13)3)10-14(15-2)12-5-8-18-11-12/h12-15H,4-11H2,1-3H3. The Balaban J connectivity index is 1.83. The number of hydrogen-bond donors (Lipinski definition) is 1. The van der Waals surface area contributed by atoms with E-state index in [0.29, 0.717) is 12.0 Å². The Morgan fingerprint density at radius 2 is 2.22 bits per heavy atom. The van der Waals surface area contributed by atoms with Crippen molar-refractivity contribution in [2.45, 2.75) is 31.8 Å². The maximum absolute atomic E-state index is 5.52. The topological polar surface area (TPSA) is 27.7 Å². The average Bonchev–Trinajstić information content (AvgIpc) is 2.91. The lowest BCUT2D eigenvalue weighted by molar-refractivity contribution is 0.0784. The molecule has 4 nitrogen and oxygen atoms in total. The minimum atomic E-state index is 0.591. The monoisotopic (exact) mass is 255 g/mol. The van der Waals surface area contributed by atoms with Gasteiger partial charge in [-0.2, -0.15) is 0 Å². The lowest BCUT2D eigenvalue weighted by Crippen LogP contribution is -2.55. The zero-order valence-electron chi connectivity index (χ0n) is 12.2. The van der Waals surface area contributed by atoms with E-state index >= 15 is 0 Å². The molecular weight excluding hydrogens is 226 g/mol.